The van der Waals surface area contributed by atoms with E-state index in [2.05, 4.69) is 4.90 Å². The van der Waals surface area contributed by atoms with Gasteiger partial charge in [0.05, 0.1) is 6.54 Å². The summed E-state index contributed by atoms with van der Waals surface area (Å²) in [5, 5.41) is 9.20. The summed E-state index contributed by atoms with van der Waals surface area (Å²) in [6, 6.07) is -0.605. The van der Waals surface area contributed by atoms with Crippen LogP contribution in [0.4, 0.5) is 13.6 Å². The highest BCUT2D eigenvalue weighted by atomic mass is 19.3. The maximum atomic E-state index is 13.2. The molecule has 2 fully saturated rings. The van der Waals surface area contributed by atoms with E-state index in [-0.39, 0.29) is 31.3 Å². The SMILES string of the molecule is C[C@H]1C(=O)N2C(=CC[C@@H]2CCCN2CCC(F)(F)CC2)CN1C(=O)O. The number of piperidine rings is 1. The van der Waals surface area contributed by atoms with Crippen molar-refractivity contribution in [3.63, 3.8) is 0 Å². The second kappa shape index (κ2) is 6.90. The Balaban J connectivity index is 1.49. The Bertz CT molecular complexity index is 571. The van der Waals surface area contributed by atoms with Gasteiger partial charge in [-0.3, -0.25) is 9.69 Å². The number of piperazine rings is 1. The normalized spacial score (nSPS) is 29.6. The van der Waals surface area contributed by atoms with Crippen molar-refractivity contribution in [2.75, 3.05) is 26.2 Å². The fourth-order valence-electron chi connectivity index (χ4n) is 3.95. The third-order valence-electron chi connectivity index (χ3n) is 5.54. The second-order valence-electron chi connectivity index (χ2n) is 7.22. The standard InChI is InChI=1S/C17H25F2N3O3/c1-12-15(23)22-13(4-5-14(22)11-21(12)16(24)25)3-2-8-20-9-6-17(18,19)7-10-20/h5,12-13H,2-4,6-11H2,1H3,(H,24,25)/t12-,13-/m0/s1. The molecule has 3 heterocycles. The number of hydrogen-bond donors (Lipinski definition) is 1. The van der Waals surface area contributed by atoms with Crippen LogP contribution in [0, 0.1) is 0 Å². The number of carbonyl (C=O) groups excluding carboxylic acids is 1. The van der Waals surface area contributed by atoms with E-state index in [1.54, 1.807) is 11.8 Å². The lowest BCUT2D eigenvalue weighted by Crippen LogP contribution is -2.57. The molecule has 0 aliphatic carbocycles. The molecule has 0 aromatic carbocycles. The molecule has 2 saturated heterocycles. The van der Waals surface area contributed by atoms with Gasteiger partial charge in [-0.25, -0.2) is 13.6 Å². The molecule has 0 aromatic heterocycles. The first kappa shape index (κ1) is 18.1. The molecule has 3 aliphatic rings. The van der Waals surface area contributed by atoms with Gasteiger partial charge in [0, 0.05) is 37.7 Å². The Morgan fingerprint density at radius 3 is 2.68 bits per heavy atom. The van der Waals surface area contributed by atoms with Crippen LogP contribution in [0.5, 0.6) is 0 Å². The number of amides is 2. The molecule has 2 amide bonds. The average molecular weight is 357 g/mol. The molecule has 6 nitrogen and oxygen atoms in total. The van der Waals surface area contributed by atoms with Crippen LogP contribution in [-0.4, -0.2) is 76.0 Å². The van der Waals surface area contributed by atoms with E-state index < -0.39 is 18.1 Å². The number of alkyl halides is 2. The lowest BCUT2D eigenvalue weighted by Gasteiger charge is -2.40. The van der Waals surface area contributed by atoms with Crippen molar-refractivity contribution in [3.8, 4) is 0 Å². The van der Waals surface area contributed by atoms with Gasteiger partial charge in [-0.1, -0.05) is 6.08 Å². The van der Waals surface area contributed by atoms with Crippen LogP contribution in [0.25, 0.3) is 0 Å². The van der Waals surface area contributed by atoms with Crippen molar-refractivity contribution in [3.05, 3.63) is 11.8 Å². The number of hydrogen-bond acceptors (Lipinski definition) is 3. The fourth-order valence-corrected chi connectivity index (χ4v) is 3.95. The first-order valence-corrected chi connectivity index (χ1v) is 8.90. The van der Waals surface area contributed by atoms with E-state index in [1.807, 2.05) is 6.08 Å². The van der Waals surface area contributed by atoms with Crippen LogP contribution >= 0.6 is 0 Å². The van der Waals surface area contributed by atoms with Crippen molar-refractivity contribution >= 4 is 12.0 Å². The number of carbonyl (C=O) groups is 2. The van der Waals surface area contributed by atoms with Crippen LogP contribution in [-0.2, 0) is 4.79 Å². The van der Waals surface area contributed by atoms with Gasteiger partial charge in [-0.05, 0) is 32.7 Å². The highest BCUT2D eigenvalue weighted by molar-refractivity contribution is 5.88. The number of likely N-dealkylation sites (tertiary alicyclic amines) is 1. The quantitative estimate of drug-likeness (QED) is 0.839. The zero-order chi connectivity index (χ0) is 18.2. The van der Waals surface area contributed by atoms with Crippen molar-refractivity contribution in [1.29, 1.82) is 0 Å². The van der Waals surface area contributed by atoms with Crippen LogP contribution < -0.4 is 0 Å². The predicted octanol–water partition coefficient (Wildman–Crippen LogP) is 2.36. The summed E-state index contributed by atoms with van der Waals surface area (Å²) in [5.41, 5.74) is 0.771. The van der Waals surface area contributed by atoms with Crippen molar-refractivity contribution < 1.29 is 23.5 Å². The molecule has 1 N–H and O–H groups in total. The van der Waals surface area contributed by atoms with Crippen LogP contribution in [0.3, 0.4) is 0 Å². The van der Waals surface area contributed by atoms with Gasteiger partial charge >= 0.3 is 6.09 Å². The lowest BCUT2D eigenvalue weighted by atomic mass is 10.0. The highest BCUT2D eigenvalue weighted by Crippen LogP contribution is 2.32. The number of halogens is 2. The number of carboxylic acid groups (broad SMARTS) is 1. The fraction of sp³-hybridized carbons (Fsp3) is 0.765. The van der Waals surface area contributed by atoms with Crippen molar-refractivity contribution in [2.45, 2.75) is 57.0 Å². The Morgan fingerprint density at radius 1 is 1.36 bits per heavy atom. The Hall–Kier alpha value is -1.70. The average Bonchev–Trinajstić information content (AvgIpc) is 2.95. The molecule has 0 aromatic rings. The Kier molecular flexibility index (Phi) is 4.99. The molecule has 0 spiro atoms. The number of nitrogens with zero attached hydrogens (tertiary/aromatic N) is 3. The molecule has 0 radical (unpaired) electrons. The van der Waals surface area contributed by atoms with Crippen molar-refractivity contribution in [2.24, 2.45) is 0 Å². The second-order valence-corrected chi connectivity index (χ2v) is 7.22. The molecule has 2 atom stereocenters. The van der Waals surface area contributed by atoms with Gasteiger partial charge in [-0.2, -0.15) is 0 Å². The summed E-state index contributed by atoms with van der Waals surface area (Å²) in [6.45, 7) is 3.49. The van der Waals surface area contributed by atoms with E-state index in [9.17, 15) is 23.5 Å². The van der Waals surface area contributed by atoms with Gasteiger partial charge in [0.15, 0.2) is 0 Å². The molecule has 0 saturated carbocycles. The molecule has 3 rings (SSSR count). The molecule has 0 bridgehead atoms. The van der Waals surface area contributed by atoms with Crippen LogP contribution in [0.1, 0.15) is 39.0 Å². The zero-order valence-corrected chi connectivity index (χ0v) is 14.5. The molecule has 0 unspecified atom stereocenters. The minimum Gasteiger partial charge on any atom is -0.465 e. The molecule has 25 heavy (non-hydrogen) atoms. The van der Waals surface area contributed by atoms with Crippen LogP contribution in [0.15, 0.2) is 11.8 Å². The van der Waals surface area contributed by atoms with E-state index in [4.69, 9.17) is 0 Å². The Morgan fingerprint density at radius 2 is 2.04 bits per heavy atom. The molecular formula is C17H25F2N3O3. The lowest BCUT2D eigenvalue weighted by molar-refractivity contribution is -0.138. The van der Waals surface area contributed by atoms with E-state index in [0.29, 0.717) is 13.1 Å². The maximum Gasteiger partial charge on any atom is 0.408 e. The topological polar surface area (TPSA) is 64.1 Å². The third-order valence-corrected chi connectivity index (χ3v) is 5.54. The van der Waals surface area contributed by atoms with E-state index in [0.717, 1.165) is 31.5 Å². The summed E-state index contributed by atoms with van der Waals surface area (Å²) >= 11 is 0. The zero-order valence-electron chi connectivity index (χ0n) is 14.5. The van der Waals surface area contributed by atoms with Crippen molar-refractivity contribution in [1.82, 2.24) is 14.7 Å². The third kappa shape index (κ3) is 3.78. The summed E-state index contributed by atoms with van der Waals surface area (Å²) in [5.74, 6) is -2.69. The largest absolute Gasteiger partial charge is 0.465 e. The Labute approximate surface area is 146 Å². The monoisotopic (exact) mass is 357 g/mol. The maximum absolute atomic E-state index is 13.2. The summed E-state index contributed by atoms with van der Waals surface area (Å²) in [6.07, 6.45) is 3.11. The van der Waals surface area contributed by atoms with Gasteiger partial charge in [0.2, 0.25) is 5.91 Å². The van der Waals surface area contributed by atoms with Gasteiger partial charge in [0.25, 0.3) is 5.92 Å². The smallest absolute Gasteiger partial charge is 0.408 e. The molecule has 8 heteroatoms. The molecular weight excluding hydrogens is 332 g/mol. The summed E-state index contributed by atoms with van der Waals surface area (Å²) in [4.78, 5) is 28.8. The molecule has 140 valence electrons. The minimum atomic E-state index is -2.52. The molecule has 3 aliphatic heterocycles. The first-order chi connectivity index (χ1) is 11.8. The van der Waals surface area contributed by atoms with Gasteiger partial charge < -0.3 is 14.9 Å². The number of rotatable bonds is 4. The van der Waals surface area contributed by atoms with Gasteiger partial charge in [-0.15, -0.1) is 0 Å². The number of fused-ring (bicyclic) bond motifs is 1. The predicted molar refractivity (Wildman–Crippen MR) is 87.4 cm³/mol. The summed E-state index contributed by atoms with van der Waals surface area (Å²) < 4.78 is 26.4. The highest BCUT2D eigenvalue weighted by Gasteiger charge is 2.42. The summed E-state index contributed by atoms with van der Waals surface area (Å²) in [7, 11) is 0. The van der Waals surface area contributed by atoms with E-state index >= 15 is 0 Å². The minimum absolute atomic E-state index is 0.0622. The van der Waals surface area contributed by atoms with Gasteiger partial charge in [0.1, 0.15) is 6.04 Å². The van der Waals surface area contributed by atoms with Crippen LogP contribution in [0.2, 0.25) is 0 Å². The van der Waals surface area contributed by atoms with E-state index in [1.165, 1.54) is 4.90 Å². The first-order valence-electron chi connectivity index (χ1n) is 8.90.